The fraction of sp³-hybridized carbons (Fsp3) is 0.417. The number of carboxylic acids is 1. The highest BCUT2D eigenvalue weighted by molar-refractivity contribution is 9.10. The highest BCUT2D eigenvalue weighted by Gasteiger charge is 2.53. The molecule has 1 saturated carbocycles. The average Bonchev–Trinajstić information content (AvgIpc) is 3.07. The lowest BCUT2D eigenvalue weighted by atomic mass is 9.94. The second-order valence-corrected chi connectivity index (χ2v) is 5.28. The largest absolute Gasteiger partial charge is 0.495 e. The first kappa shape index (κ1) is 14.2. The second-order valence-electron chi connectivity index (χ2n) is 4.42. The molecule has 0 bridgehead atoms. The molecule has 1 aliphatic rings. The van der Waals surface area contributed by atoms with Crippen LogP contribution in [0.4, 0.5) is 13.2 Å². The van der Waals surface area contributed by atoms with Crippen molar-refractivity contribution in [2.75, 3.05) is 7.11 Å². The van der Waals surface area contributed by atoms with Gasteiger partial charge < -0.3 is 9.84 Å². The van der Waals surface area contributed by atoms with Gasteiger partial charge in [0.05, 0.1) is 22.6 Å². The Balaban J connectivity index is 2.61. The molecule has 0 unspecified atom stereocenters. The number of methoxy groups -OCH3 is 1. The fourth-order valence-electron chi connectivity index (χ4n) is 2.04. The summed E-state index contributed by atoms with van der Waals surface area (Å²) in [5.41, 5.74) is -2.00. The summed E-state index contributed by atoms with van der Waals surface area (Å²) in [7, 11) is 1.14. The van der Waals surface area contributed by atoms with E-state index in [0.29, 0.717) is 12.8 Å². The number of aliphatic carboxylic acids is 1. The zero-order valence-corrected chi connectivity index (χ0v) is 11.4. The maximum Gasteiger partial charge on any atom is 0.420 e. The lowest BCUT2D eigenvalue weighted by Crippen LogP contribution is -2.21. The van der Waals surface area contributed by atoms with Crippen LogP contribution in [0.1, 0.15) is 24.0 Å². The minimum absolute atomic E-state index is 0.104. The molecule has 1 aromatic rings. The fourth-order valence-corrected chi connectivity index (χ4v) is 2.66. The summed E-state index contributed by atoms with van der Waals surface area (Å²) in [4.78, 5) is 11.2. The number of hydrogen-bond acceptors (Lipinski definition) is 2. The van der Waals surface area contributed by atoms with Crippen LogP contribution in [0.2, 0.25) is 0 Å². The summed E-state index contributed by atoms with van der Waals surface area (Å²) < 4.78 is 43.7. The number of halogens is 4. The van der Waals surface area contributed by atoms with Gasteiger partial charge in [-0.3, -0.25) is 4.79 Å². The van der Waals surface area contributed by atoms with E-state index in [1.807, 2.05) is 0 Å². The Morgan fingerprint density at radius 3 is 2.37 bits per heavy atom. The van der Waals surface area contributed by atoms with Crippen molar-refractivity contribution >= 4 is 21.9 Å². The Labute approximate surface area is 115 Å². The van der Waals surface area contributed by atoms with Gasteiger partial charge in [0.1, 0.15) is 5.75 Å². The minimum atomic E-state index is -4.60. The van der Waals surface area contributed by atoms with Gasteiger partial charge in [-0.2, -0.15) is 13.2 Å². The van der Waals surface area contributed by atoms with Crippen LogP contribution in [-0.2, 0) is 16.4 Å². The first-order valence-corrected chi connectivity index (χ1v) is 6.20. The lowest BCUT2D eigenvalue weighted by Gasteiger charge is -2.18. The van der Waals surface area contributed by atoms with Gasteiger partial charge in [0.25, 0.3) is 0 Å². The topological polar surface area (TPSA) is 46.5 Å². The van der Waals surface area contributed by atoms with Crippen molar-refractivity contribution < 1.29 is 27.8 Å². The SMILES string of the molecule is COc1c(Br)cc(C2(C(=O)O)CC2)cc1C(F)(F)F. The summed E-state index contributed by atoms with van der Waals surface area (Å²) in [5, 5.41) is 9.14. The van der Waals surface area contributed by atoms with Gasteiger partial charge in [-0.15, -0.1) is 0 Å². The van der Waals surface area contributed by atoms with Crippen molar-refractivity contribution in [3.05, 3.63) is 27.7 Å². The van der Waals surface area contributed by atoms with Crippen molar-refractivity contribution in [2.45, 2.75) is 24.4 Å². The van der Waals surface area contributed by atoms with E-state index in [0.717, 1.165) is 13.2 Å². The Kier molecular flexibility index (Phi) is 3.28. The van der Waals surface area contributed by atoms with Gasteiger partial charge in [0.2, 0.25) is 0 Å². The first-order valence-electron chi connectivity index (χ1n) is 5.41. The maximum atomic E-state index is 13.0. The monoisotopic (exact) mass is 338 g/mol. The molecule has 19 heavy (non-hydrogen) atoms. The highest BCUT2D eigenvalue weighted by Crippen LogP contribution is 2.52. The van der Waals surface area contributed by atoms with Crippen LogP contribution in [0.25, 0.3) is 0 Å². The number of carboxylic acid groups (broad SMARTS) is 1. The molecule has 1 aliphatic carbocycles. The van der Waals surface area contributed by atoms with Crippen LogP contribution in [0.15, 0.2) is 16.6 Å². The smallest absolute Gasteiger partial charge is 0.420 e. The van der Waals surface area contributed by atoms with E-state index < -0.39 is 23.1 Å². The summed E-state index contributed by atoms with van der Waals surface area (Å²) in [6.45, 7) is 0. The Morgan fingerprint density at radius 1 is 1.42 bits per heavy atom. The van der Waals surface area contributed by atoms with Crippen LogP contribution < -0.4 is 4.74 Å². The molecule has 1 N–H and O–H groups in total. The van der Waals surface area contributed by atoms with E-state index in [1.54, 1.807) is 0 Å². The van der Waals surface area contributed by atoms with E-state index in [9.17, 15) is 18.0 Å². The van der Waals surface area contributed by atoms with Crippen LogP contribution in [0, 0.1) is 0 Å². The zero-order chi connectivity index (χ0) is 14.4. The third-order valence-corrected chi connectivity index (χ3v) is 3.85. The van der Waals surface area contributed by atoms with E-state index in [4.69, 9.17) is 9.84 Å². The van der Waals surface area contributed by atoms with Gasteiger partial charge in [-0.1, -0.05) is 0 Å². The quantitative estimate of drug-likeness (QED) is 0.916. The first-order chi connectivity index (χ1) is 8.72. The number of ether oxygens (including phenoxy) is 1. The molecule has 2 rings (SSSR count). The predicted octanol–water partition coefficient (Wildman–Crippen LogP) is 3.59. The molecule has 0 amide bonds. The molecule has 7 heteroatoms. The van der Waals surface area contributed by atoms with Crippen molar-refractivity contribution in [2.24, 2.45) is 0 Å². The molecule has 0 heterocycles. The molecule has 0 atom stereocenters. The molecular formula is C12H10BrF3O3. The zero-order valence-electron chi connectivity index (χ0n) is 9.84. The predicted molar refractivity (Wildman–Crippen MR) is 64.2 cm³/mol. The summed E-state index contributed by atoms with van der Waals surface area (Å²) in [6, 6.07) is 2.25. The van der Waals surface area contributed by atoms with Gasteiger partial charge >= 0.3 is 12.1 Å². The Bertz CT molecular complexity index is 536. The number of benzene rings is 1. The molecule has 3 nitrogen and oxygen atoms in total. The van der Waals surface area contributed by atoms with Gasteiger partial charge in [-0.25, -0.2) is 0 Å². The van der Waals surface area contributed by atoms with E-state index in [-0.39, 0.29) is 15.8 Å². The highest BCUT2D eigenvalue weighted by atomic mass is 79.9. The van der Waals surface area contributed by atoms with Crippen LogP contribution in [0.3, 0.4) is 0 Å². The van der Waals surface area contributed by atoms with Gasteiger partial charge in [0.15, 0.2) is 0 Å². The normalized spacial score (nSPS) is 17.1. The standard InChI is InChI=1S/C12H10BrF3O3/c1-19-9-7(12(14,15)16)4-6(5-8(9)13)11(2-3-11)10(17)18/h4-5H,2-3H2,1H3,(H,17,18). The molecule has 1 aromatic carbocycles. The molecule has 1 fully saturated rings. The summed E-state index contributed by atoms with van der Waals surface area (Å²) in [5.74, 6) is -1.44. The third kappa shape index (κ3) is 2.31. The number of rotatable bonds is 3. The van der Waals surface area contributed by atoms with Crippen LogP contribution in [-0.4, -0.2) is 18.2 Å². The molecule has 0 saturated heterocycles. The molecule has 0 radical (unpaired) electrons. The molecule has 0 spiro atoms. The number of hydrogen-bond donors (Lipinski definition) is 1. The Morgan fingerprint density at radius 2 is 2.00 bits per heavy atom. The summed E-state index contributed by atoms with van der Waals surface area (Å²) >= 11 is 3.00. The summed E-state index contributed by atoms with van der Waals surface area (Å²) in [6.07, 6.45) is -3.91. The van der Waals surface area contributed by atoms with Crippen molar-refractivity contribution in [1.82, 2.24) is 0 Å². The lowest BCUT2D eigenvalue weighted by molar-refractivity contribution is -0.141. The Hall–Kier alpha value is -1.24. The van der Waals surface area contributed by atoms with Gasteiger partial charge in [-0.05, 0) is 46.5 Å². The average molecular weight is 339 g/mol. The van der Waals surface area contributed by atoms with Crippen molar-refractivity contribution in [3.8, 4) is 5.75 Å². The minimum Gasteiger partial charge on any atom is -0.495 e. The van der Waals surface area contributed by atoms with Crippen LogP contribution in [0.5, 0.6) is 5.75 Å². The number of alkyl halides is 3. The van der Waals surface area contributed by atoms with Gasteiger partial charge in [0, 0.05) is 0 Å². The molecule has 0 aliphatic heterocycles. The van der Waals surface area contributed by atoms with E-state index >= 15 is 0 Å². The molecular weight excluding hydrogens is 329 g/mol. The third-order valence-electron chi connectivity index (χ3n) is 3.27. The molecule has 104 valence electrons. The van der Waals surface area contributed by atoms with E-state index in [1.165, 1.54) is 6.07 Å². The molecule has 0 aromatic heterocycles. The number of carbonyl (C=O) groups is 1. The van der Waals surface area contributed by atoms with Crippen molar-refractivity contribution in [1.29, 1.82) is 0 Å². The maximum absolute atomic E-state index is 13.0. The van der Waals surface area contributed by atoms with E-state index in [2.05, 4.69) is 15.9 Å². The second kappa shape index (κ2) is 4.40. The van der Waals surface area contributed by atoms with Crippen LogP contribution >= 0.6 is 15.9 Å². The van der Waals surface area contributed by atoms with Crippen molar-refractivity contribution in [3.63, 3.8) is 0 Å².